The number of carbonyl (C=O) groups is 1. The summed E-state index contributed by atoms with van der Waals surface area (Å²) in [7, 11) is 0. The van der Waals surface area contributed by atoms with Gasteiger partial charge in [0, 0.05) is 24.1 Å². The Bertz CT molecular complexity index is 747. The van der Waals surface area contributed by atoms with Crippen molar-refractivity contribution in [1.82, 2.24) is 4.98 Å². The lowest BCUT2D eigenvalue weighted by molar-refractivity contribution is -0.114. The average Bonchev–Trinajstić information content (AvgIpc) is 3.06. The number of rotatable bonds is 5. The van der Waals surface area contributed by atoms with Crippen LogP contribution in [0.2, 0.25) is 0 Å². The number of fused-ring (bicyclic) bond motifs is 1. The molecule has 1 aliphatic rings. The fraction of sp³-hybridized carbons (Fsp3) is 0.222. The van der Waals surface area contributed by atoms with E-state index in [1.807, 2.05) is 43.3 Å². The Kier molecular flexibility index (Phi) is 5.05. The van der Waals surface area contributed by atoms with Crippen LogP contribution in [-0.4, -0.2) is 29.5 Å². The van der Waals surface area contributed by atoms with E-state index in [1.165, 1.54) is 6.08 Å². The van der Waals surface area contributed by atoms with Gasteiger partial charge in [0.05, 0.1) is 0 Å². The van der Waals surface area contributed by atoms with Gasteiger partial charge in [-0.05, 0) is 35.9 Å². The summed E-state index contributed by atoms with van der Waals surface area (Å²) in [6.07, 6.45) is 4.95. The zero-order valence-electron chi connectivity index (χ0n) is 13.3. The third kappa shape index (κ3) is 3.89. The Morgan fingerprint density at radius 3 is 2.92 bits per heavy atom. The normalized spacial score (nSPS) is 13.9. The quantitative estimate of drug-likeness (QED) is 0.670. The van der Waals surface area contributed by atoms with Gasteiger partial charge in [-0.3, -0.25) is 9.69 Å². The van der Waals surface area contributed by atoms with Gasteiger partial charge in [-0.2, -0.15) is 12.6 Å². The van der Waals surface area contributed by atoms with Gasteiger partial charge in [0.1, 0.15) is 5.82 Å². The molecule has 3 rings (SSSR count). The molecule has 1 aromatic heterocycles. The number of anilines is 1. The topological polar surface area (TPSA) is 51.7 Å². The van der Waals surface area contributed by atoms with Gasteiger partial charge in [0.25, 0.3) is 5.91 Å². The molecule has 0 saturated heterocycles. The Morgan fingerprint density at radius 2 is 2.17 bits per heavy atom. The van der Waals surface area contributed by atoms with Gasteiger partial charge < -0.3 is 9.47 Å². The third-order valence-electron chi connectivity index (χ3n) is 3.45. The first kappa shape index (κ1) is 16.4. The minimum absolute atomic E-state index is 0.0369. The number of pyridine rings is 1. The van der Waals surface area contributed by atoms with E-state index in [9.17, 15) is 4.79 Å². The van der Waals surface area contributed by atoms with Crippen LogP contribution >= 0.6 is 12.6 Å². The molecular weight excluding hydrogens is 324 g/mol. The van der Waals surface area contributed by atoms with Crippen LogP contribution in [0.5, 0.6) is 11.5 Å². The highest BCUT2D eigenvalue weighted by molar-refractivity contribution is 7.81. The molecule has 0 fully saturated rings. The molecule has 1 unspecified atom stereocenters. The first-order valence-electron chi connectivity index (χ1n) is 7.62. The summed E-state index contributed by atoms with van der Waals surface area (Å²) in [6, 6.07) is 11.0. The van der Waals surface area contributed by atoms with Gasteiger partial charge in [-0.25, -0.2) is 4.98 Å². The monoisotopic (exact) mass is 342 g/mol. The van der Waals surface area contributed by atoms with Crippen molar-refractivity contribution in [1.29, 1.82) is 0 Å². The minimum atomic E-state index is -0.146. The number of hydrogen-bond acceptors (Lipinski definition) is 5. The van der Waals surface area contributed by atoms with E-state index >= 15 is 0 Å². The molecule has 0 aliphatic carbocycles. The van der Waals surface area contributed by atoms with Gasteiger partial charge in [0.15, 0.2) is 11.5 Å². The van der Waals surface area contributed by atoms with Crippen molar-refractivity contribution in [2.24, 2.45) is 0 Å². The van der Waals surface area contributed by atoms with Crippen LogP contribution in [0.1, 0.15) is 12.5 Å². The number of benzene rings is 1. The van der Waals surface area contributed by atoms with Crippen molar-refractivity contribution in [2.75, 3.05) is 18.2 Å². The minimum Gasteiger partial charge on any atom is -0.454 e. The molecule has 5 nitrogen and oxygen atoms in total. The molecule has 24 heavy (non-hydrogen) atoms. The molecule has 124 valence electrons. The molecule has 1 aliphatic heterocycles. The van der Waals surface area contributed by atoms with E-state index in [0.29, 0.717) is 18.1 Å². The fourth-order valence-electron chi connectivity index (χ4n) is 2.35. The zero-order valence-corrected chi connectivity index (χ0v) is 14.1. The Balaban J connectivity index is 1.77. The van der Waals surface area contributed by atoms with Crippen molar-refractivity contribution >= 4 is 30.4 Å². The maximum absolute atomic E-state index is 12.6. The summed E-state index contributed by atoms with van der Waals surface area (Å²) < 4.78 is 10.6. The van der Waals surface area contributed by atoms with E-state index in [-0.39, 0.29) is 18.0 Å². The first-order chi connectivity index (χ1) is 11.6. The number of ether oxygens (including phenoxy) is 2. The molecule has 2 aromatic rings. The van der Waals surface area contributed by atoms with Gasteiger partial charge in [-0.1, -0.05) is 19.1 Å². The fourth-order valence-corrected chi connectivity index (χ4v) is 2.51. The van der Waals surface area contributed by atoms with Crippen LogP contribution < -0.4 is 14.4 Å². The highest BCUT2D eigenvalue weighted by Gasteiger charge is 2.16. The SMILES string of the molecule is CC(S)CN(C(=O)/C=C/c1ccc2c(c1)OCO2)c1ccccn1. The predicted octanol–water partition coefficient (Wildman–Crippen LogP) is 3.18. The number of hydrogen-bond donors (Lipinski definition) is 1. The molecule has 0 bridgehead atoms. The zero-order chi connectivity index (χ0) is 16.9. The molecule has 0 N–H and O–H groups in total. The summed E-state index contributed by atoms with van der Waals surface area (Å²) in [6.45, 7) is 2.65. The van der Waals surface area contributed by atoms with Crippen LogP contribution in [0.3, 0.4) is 0 Å². The van der Waals surface area contributed by atoms with Crippen LogP contribution in [-0.2, 0) is 4.79 Å². The summed E-state index contributed by atoms with van der Waals surface area (Å²) in [5.41, 5.74) is 0.868. The Morgan fingerprint density at radius 1 is 1.33 bits per heavy atom. The van der Waals surface area contributed by atoms with Crippen LogP contribution in [0, 0.1) is 0 Å². The highest BCUT2D eigenvalue weighted by atomic mass is 32.1. The smallest absolute Gasteiger partial charge is 0.252 e. The van der Waals surface area contributed by atoms with Crippen LogP contribution in [0.25, 0.3) is 6.08 Å². The lowest BCUT2D eigenvalue weighted by Gasteiger charge is -2.21. The summed E-state index contributed by atoms with van der Waals surface area (Å²) in [5.74, 6) is 1.87. The van der Waals surface area contributed by atoms with E-state index in [4.69, 9.17) is 9.47 Å². The van der Waals surface area contributed by atoms with Crippen molar-refractivity contribution in [3.8, 4) is 11.5 Å². The second kappa shape index (κ2) is 7.40. The second-order valence-electron chi connectivity index (χ2n) is 5.43. The average molecular weight is 342 g/mol. The van der Waals surface area contributed by atoms with E-state index in [2.05, 4.69) is 17.6 Å². The second-order valence-corrected chi connectivity index (χ2v) is 6.31. The molecule has 1 amide bonds. The van der Waals surface area contributed by atoms with E-state index < -0.39 is 0 Å². The predicted molar refractivity (Wildman–Crippen MR) is 96.6 cm³/mol. The lowest BCUT2D eigenvalue weighted by atomic mass is 10.2. The molecule has 2 heterocycles. The summed E-state index contributed by atoms with van der Waals surface area (Å²) in [5, 5.41) is 0.0369. The van der Waals surface area contributed by atoms with Crippen molar-refractivity contribution < 1.29 is 14.3 Å². The van der Waals surface area contributed by atoms with Crippen molar-refractivity contribution in [3.05, 3.63) is 54.2 Å². The highest BCUT2D eigenvalue weighted by Crippen LogP contribution is 2.32. The molecule has 1 aromatic carbocycles. The molecule has 0 spiro atoms. The lowest BCUT2D eigenvalue weighted by Crippen LogP contribution is -2.34. The third-order valence-corrected chi connectivity index (χ3v) is 3.62. The van der Waals surface area contributed by atoms with Crippen LogP contribution in [0.15, 0.2) is 48.7 Å². The number of nitrogens with zero attached hydrogens (tertiary/aromatic N) is 2. The Labute approximate surface area is 146 Å². The van der Waals surface area contributed by atoms with Crippen molar-refractivity contribution in [2.45, 2.75) is 12.2 Å². The Hall–Kier alpha value is -2.47. The number of amides is 1. The molecule has 0 radical (unpaired) electrons. The van der Waals surface area contributed by atoms with Gasteiger partial charge in [-0.15, -0.1) is 0 Å². The number of thiol groups is 1. The van der Waals surface area contributed by atoms with E-state index in [1.54, 1.807) is 17.2 Å². The first-order valence-corrected chi connectivity index (χ1v) is 8.13. The van der Waals surface area contributed by atoms with Crippen molar-refractivity contribution in [3.63, 3.8) is 0 Å². The maximum Gasteiger partial charge on any atom is 0.252 e. The maximum atomic E-state index is 12.6. The largest absolute Gasteiger partial charge is 0.454 e. The molecule has 1 atom stereocenters. The molecule has 0 saturated carbocycles. The molecule has 6 heteroatoms. The summed E-state index contributed by atoms with van der Waals surface area (Å²) in [4.78, 5) is 18.5. The number of carbonyl (C=O) groups excluding carboxylic acids is 1. The van der Waals surface area contributed by atoms with Gasteiger partial charge in [0.2, 0.25) is 6.79 Å². The van der Waals surface area contributed by atoms with Gasteiger partial charge >= 0.3 is 0 Å². The number of aromatic nitrogens is 1. The summed E-state index contributed by atoms with van der Waals surface area (Å²) >= 11 is 4.39. The van der Waals surface area contributed by atoms with E-state index in [0.717, 1.165) is 11.3 Å². The van der Waals surface area contributed by atoms with Crippen LogP contribution in [0.4, 0.5) is 5.82 Å². The molecular formula is C18H18N2O3S. The standard InChI is InChI=1S/C18H18N2O3S/c1-13(24)11-20(17-4-2-3-9-19-17)18(21)8-6-14-5-7-15-16(10-14)23-12-22-15/h2-10,13,24H,11-12H2,1H3/b8-6+.